The van der Waals surface area contributed by atoms with Gasteiger partial charge < -0.3 is 10.0 Å². The van der Waals surface area contributed by atoms with Crippen LogP contribution in [-0.2, 0) is 15.6 Å². The van der Waals surface area contributed by atoms with Crippen molar-refractivity contribution in [3.8, 4) is 9.75 Å². The van der Waals surface area contributed by atoms with Crippen molar-refractivity contribution < 1.29 is 14.5 Å². The first-order valence-corrected chi connectivity index (χ1v) is 34.1. The average molecular weight is 1080 g/mol. The quantitative estimate of drug-likeness (QED) is 0.0559. The first-order valence-electron chi connectivity index (χ1n) is 30.9. The van der Waals surface area contributed by atoms with Gasteiger partial charge in [0.05, 0.1) is 9.88 Å². The molecule has 0 spiro atoms. The molecule has 74 heavy (non-hydrogen) atoms. The van der Waals surface area contributed by atoms with Gasteiger partial charge >= 0.3 is 0 Å². The maximum absolute atomic E-state index is 15.2. The molecule has 410 valence electrons. The van der Waals surface area contributed by atoms with Crippen molar-refractivity contribution in [2.24, 2.45) is 23.7 Å². The summed E-state index contributed by atoms with van der Waals surface area (Å²) in [6, 6.07) is 7.41. The maximum atomic E-state index is 15.2. The Kier molecular flexibility index (Phi) is 22.0. The lowest BCUT2D eigenvalue weighted by Gasteiger charge is -2.38. The smallest absolute Gasteiger partial charge is 0.239 e. The lowest BCUT2D eigenvalue weighted by molar-refractivity contribution is -0.524. The van der Waals surface area contributed by atoms with E-state index in [2.05, 4.69) is 117 Å². The summed E-state index contributed by atoms with van der Waals surface area (Å²) >= 11 is 7.54. The Hall–Kier alpha value is -2.39. The van der Waals surface area contributed by atoms with Crippen molar-refractivity contribution in [1.82, 2.24) is 0 Å². The molecule has 0 aromatic carbocycles. The number of rotatable bonds is 34. The lowest BCUT2D eigenvalue weighted by Crippen LogP contribution is -2.34. The molecule has 0 radical (unpaired) electrons. The van der Waals surface area contributed by atoms with E-state index in [-0.39, 0.29) is 22.4 Å². The van der Waals surface area contributed by atoms with Crippen molar-refractivity contribution in [1.29, 1.82) is 0 Å². The van der Waals surface area contributed by atoms with Gasteiger partial charge in [-0.1, -0.05) is 192 Å². The van der Waals surface area contributed by atoms with E-state index in [4.69, 9.17) is 0 Å². The van der Waals surface area contributed by atoms with Crippen LogP contribution < -0.4 is 19.1 Å². The molecule has 1 aliphatic heterocycles. The number of nitrogens with zero attached hydrogens (tertiary/aromatic N) is 2. The van der Waals surface area contributed by atoms with E-state index < -0.39 is 0 Å². The van der Waals surface area contributed by atoms with Crippen LogP contribution in [0, 0.1) is 23.7 Å². The minimum absolute atomic E-state index is 0.0214. The Balaban J connectivity index is 1.43. The number of carbonyl (C=O) groups excluding carboxylic acids is 1. The van der Waals surface area contributed by atoms with Crippen LogP contribution in [0.4, 0.5) is 5.00 Å². The third-order valence-corrected chi connectivity index (χ3v) is 23.1. The van der Waals surface area contributed by atoms with Gasteiger partial charge in [-0.05, 0) is 114 Å². The average Bonchev–Trinajstić information content (AvgIpc) is 4.27. The van der Waals surface area contributed by atoms with E-state index in [9.17, 15) is 0 Å². The molecule has 7 rings (SSSR count). The SMILES string of the molecule is CCCCC(CC)CC1(CC(CC)CCCC)C2=CC(=[N+](CCC)CCC)SC2=c2s/c(=C3/C(=O)C(c4cc5c(s4)-c4sc(N(CCC)CCC)cc4C5(CC(CC)CCCC)CC(CC)CCCC)=C3[O-])cc21. The van der Waals surface area contributed by atoms with Gasteiger partial charge in [-0.15, -0.1) is 34.0 Å². The number of allylic oxidation sites excluding steroid dienone is 2. The van der Waals surface area contributed by atoms with Crippen LogP contribution in [-0.4, -0.2) is 41.6 Å². The monoisotopic (exact) mass is 1080 g/mol. The number of unbranched alkanes of at least 4 members (excludes halogenated alkanes) is 4. The first kappa shape index (κ1) is 59.3. The number of thiophene rings is 3. The molecule has 0 saturated heterocycles. The van der Waals surface area contributed by atoms with Crippen LogP contribution in [0.5, 0.6) is 0 Å². The predicted octanol–water partition coefficient (Wildman–Crippen LogP) is 18.0. The summed E-state index contributed by atoms with van der Waals surface area (Å²) in [5, 5.41) is 18.0. The summed E-state index contributed by atoms with van der Waals surface area (Å²) in [5.74, 6) is 2.45. The number of thioether (sulfide) groups is 1. The molecule has 3 aliphatic carbocycles. The Morgan fingerprint density at radius 3 is 1.50 bits per heavy atom. The van der Waals surface area contributed by atoms with Gasteiger partial charge in [-0.2, -0.15) is 0 Å². The highest BCUT2D eigenvalue weighted by atomic mass is 32.2. The van der Waals surface area contributed by atoms with Gasteiger partial charge in [0.2, 0.25) is 5.04 Å². The Labute approximate surface area is 467 Å². The zero-order chi connectivity index (χ0) is 53.2. The van der Waals surface area contributed by atoms with E-state index in [1.165, 1.54) is 143 Å². The van der Waals surface area contributed by atoms with Gasteiger partial charge in [-0.3, -0.25) is 4.79 Å². The summed E-state index contributed by atoms with van der Waals surface area (Å²) < 4.78 is 4.90. The van der Waals surface area contributed by atoms with Crippen LogP contribution in [0.15, 0.2) is 35.6 Å². The number of anilines is 1. The van der Waals surface area contributed by atoms with E-state index in [1.807, 2.05) is 23.1 Å². The number of hydrogen-bond acceptors (Lipinski definition) is 7. The second-order valence-corrected chi connectivity index (χ2v) is 27.6. The Morgan fingerprint density at radius 2 is 1.04 bits per heavy atom. The lowest BCUT2D eigenvalue weighted by atomic mass is 9.65. The van der Waals surface area contributed by atoms with Crippen molar-refractivity contribution in [2.45, 2.75) is 248 Å². The van der Waals surface area contributed by atoms with E-state index in [0.717, 1.165) is 87.0 Å². The second-order valence-electron chi connectivity index (χ2n) is 23.4. The van der Waals surface area contributed by atoms with Crippen molar-refractivity contribution >= 4 is 77.7 Å². The Morgan fingerprint density at radius 1 is 0.554 bits per heavy atom. The predicted molar refractivity (Wildman–Crippen MR) is 328 cm³/mol. The fourth-order valence-electron chi connectivity index (χ4n) is 13.9. The van der Waals surface area contributed by atoms with Crippen LogP contribution >= 0.6 is 45.8 Å². The van der Waals surface area contributed by atoms with Gasteiger partial charge in [-0.25, -0.2) is 4.58 Å². The van der Waals surface area contributed by atoms with E-state index in [1.54, 1.807) is 33.8 Å². The fourth-order valence-corrected chi connectivity index (χ4v) is 19.4. The zero-order valence-electron chi connectivity index (χ0n) is 48.8. The van der Waals surface area contributed by atoms with Crippen molar-refractivity contribution in [2.75, 3.05) is 31.1 Å². The standard InChI is InChI=1S/C66H100N2O2S4/c1-13-25-29-45(21-9)41-65(42-46(22-10)30-26-14-2)49-37-53(71-61(49)63-51(65)39-55(73-63)67(33-17-5)34-18-6)57-59(69)58(60(57)70)54-38-50-62(72-54)64-52(40-56(74-64)68(35-19-7)36-20-8)66(50,43-47(23-11)31-27-15-3)44-48(24-12)32-28-16-4/h37-40,45-48H,13-36,41-44H2,1-12H3. The molecule has 8 heteroatoms. The maximum Gasteiger partial charge on any atom is 0.239 e. The minimum Gasteiger partial charge on any atom is -0.871 e. The van der Waals surface area contributed by atoms with E-state index >= 15 is 9.90 Å². The molecule has 4 atom stereocenters. The zero-order valence-corrected chi connectivity index (χ0v) is 52.0. The molecule has 0 saturated carbocycles. The number of hydrogen-bond donors (Lipinski definition) is 0. The second kappa shape index (κ2) is 27.5. The highest BCUT2D eigenvalue weighted by molar-refractivity contribution is 8.22. The first-order chi connectivity index (χ1) is 35.9. The molecule has 0 bridgehead atoms. The summed E-state index contributed by atoms with van der Waals surface area (Å²) in [4.78, 5) is 22.9. The molecular weight excluding hydrogens is 981 g/mol. The molecule has 4 heterocycles. The van der Waals surface area contributed by atoms with Gasteiger partial charge in [0.1, 0.15) is 13.1 Å². The molecule has 0 amide bonds. The number of ketones is 1. The van der Waals surface area contributed by atoms with Gasteiger partial charge in [0, 0.05) is 77.7 Å². The Bertz CT molecular complexity index is 2530. The molecule has 0 fully saturated rings. The number of fused-ring (bicyclic) bond motifs is 5. The molecule has 4 aliphatic rings. The third kappa shape index (κ3) is 11.9. The van der Waals surface area contributed by atoms with Crippen LogP contribution in [0.3, 0.4) is 0 Å². The fraction of sp³-hybridized carbons (Fsp3) is 0.697. The normalized spacial score (nSPS) is 21.2. The highest BCUT2D eigenvalue weighted by Crippen LogP contribution is 2.63. The van der Waals surface area contributed by atoms with Gasteiger partial charge in [0.25, 0.3) is 0 Å². The van der Waals surface area contributed by atoms with Crippen LogP contribution in [0.25, 0.3) is 25.8 Å². The van der Waals surface area contributed by atoms with Gasteiger partial charge in [0.15, 0.2) is 5.78 Å². The summed E-state index contributed by atoms with van der Waals surface area (Å²) in [5.41, 5.74) is 6.62. The molecular formula is C66H100N2O2S4. The number of Topliss-reactive ketones (excluding diaryl/α,β-unsaturated/α-hetero) is 1. The van der Waals surface area contributed by atoms with Crippen molar-refractivity contribution in [3.63, 3.8) is 0 Å². The molecule has 0 N–H and O–H groups in total. The number of carbonyl (C=O) groups is 1. The minimum atomic E-state index is -0.121. The largest absolute Gasteiger partial charge is 0.871 e. The molecule has 4 nitrogen and oxygen atoms in total. The topological polar surface area (TPSA) is 46.4 Å². The third-order valence-electron chi connectivity index (χ3n) is 18.1. The van der Waals surface area contributed by atoms with E-state index in [0.29, 0.717) is 34.8 Å². The molecule has 3 aromatic heterocycles. The highest BCUT2D eigenvalue weighted by Gasteiger charge is 2.52. The van der Waals surface area contributed by atoms with Crippen molar-refractivity contribution in [3.05, 3.63) is 66.2 Å². The van der Waals surface area contributed by atoms with Crippen LogP contribution in [0.1, 0.15) is 259 Å². The summed E-state index contributed by atoms with van der Waals surface area (Å²) in [6.07, 6.45) is 31.4. The summed E-state index contributed by atoms with van der Waals surface area (Å²) in [6.45, 7) is 32.5. The molecule has 3 aromatic rings. The molecule has 4 unspecified atom stereocenters. The summed E-state index contributed by atoms with van der Waals surface area (Å²) in [7, 11) is 0. The van der Waals surface area contributed by atoms with Crippen LogP contribution in [0.2, 0.25) is 0 Å².